The van der Waals surface area contributed by atoms with Gasteiger partial charge in [0.2, 0.25) is 5.95 Å². The van der Waals surface area contributed by atoms with Gasteiger partial charge in [-0.15, -0.1) is 0 Å². The molecule has 3 aromatic carbocycles. The van der Waals surface area contributed by atoms with Gasteiger partial charge in [-0.2, -0.15) is 0 Å². The summed E-state index contributed by atoms with van der Waals surface area (Å²) in [6.07, 6.45) is 3.55. The fourth-order valence-corrected chi connectivity index (χ4v) is 3.35. The monoisotopic (exact) mass is 440 g/mol. The van der Waals surface area contributed by atoms with Crippen molar-refractivity contribution in [3.05, 3.63) is 90.3 Å². The number of amides is 1. The van der Waals surface area contributed by atoms with Crippen molar-refractivity contribution in [2.24, 2.45) is 0 Å². The van der Waals surface area contributed by atoms with Crippen LogP contribution >= 0.6 is 0 Å². The molecule has 0 spiro atoms. The highest BCUT2D eigenvalue weighted by molar-refractivity contribution is 6.05. The van der Waals surface area contributed by atoms with Crippen LogP contribution in [0.1, 0.15) is 15.9 Å². The summed E-state index contributed by atoms with van der Waals surface area (Å²) in [4.78, 5) is 21.6. The van der Waals surface area contributed by atoms with E-state index in [2.05, 4.69) is 39.7 Å². The molecule has 7 nitrogen and oxygen atoms in total. The Morgan fingerprint density at radius 3 is 2.27 bits per heavy atom. The molecule has 166 valence electrons. The van der Waals surface area contributed by atoms with Crippen molar-refractivity contribution in [2.75, 3.05) is 24.9 Å². The molecule has 33 heavy (non-hydrogen) atoms. The smallest absolute Gasteiger partial charge is 0.255 e. The van der Waals surface area contributed by atoms with Gasteiger partial charge < -0.3 is 20.1 Å². The number of anilines is 3. The highest BCUT2D eigenvalue weighted by atomic mass is 16.5. The van der Waals surface area contributed by atoms with Gasteiger partial charge in [-0.1, -0.05) is 35.9 Å². The number of nitrogens with zero attached hydrogens (tertiary/aromatic N) is 2. The van der Waals surface area contributed by atoms with Crippen molar-refractivity contribution >= 4 is 23.2 Å². The van der Waals surface area contributed by atoms with Crippen molar-refractivity contribution in [1.82, 2.24) is 9.97 Å². The maximum atomic E-state index is 12.8. The Morgan fingerprint density at radius 2 is 1.55 bits per heavy atom. The van der Waals surface area contributed by atoms with E-state index in [0.29, 0.717) is 34.4 Å². The summed E-state index contributed by atoms with van der Waals surface area (Å²) in [5.41, 5.74) is 4.98. The molecule has 2 N–H and O–H groups in total. The summed E-state index contributed by atoms with van der Waals surface area (Å²) in [5.74, 6) is 1.33. The second-order valence-corrected chi connectivity index (χ2v) is 7.39. The number of aryl methyl sites for hydroxylation is 1. The lowest BCUT2D eigenvalue weighted by atomic mass is 10.1. The zero-order valence-electron chi connectivity index (χ0n) is 18.6. The zero-order chi connectivity index (χ0) is 23.2. The van der Waals surface area contributed by atoms with Gasteiger partial charge in [0, 0.05) is 41.0 Å². The third kappa shape index (κ3) is 5.27. The van der Waals surface area contributed by atoms with Crippen LogP contribution in [0.15, 0.2) is 79.1 Å². The number of aromatic nitrogens is 2. The molecule has 0 saturated carbocycles. The molecule has 0 bridgehead atoms. The van der Waals surface area contributed by atoms with Gasteiger partial charge in [0.25, 0.3) is 5.91 Å². The average Bonchev–Trinajstić information content (AvgIpc) is 2.84. The molecule has 0 atom stereocenters. The van der Waals surface area contributed by atoms with Gasteiger partial charge in [0.1, 0.15) is 0 Å². The predicted octanol–water partition coefficient (Wildman–Crippen LogP) is 5.47. The van der Waals surface area contributed by atoms with Crippen LogP contribution in [0.2, 0.25) is 0 Å². The van der Waals surface area contributed by atoms with E-state index in [0.717, 1.165) is 11.1 Å². The van der Waals surface area contributed by atoms with Crippen molar-refractivity contribution in [3.8, 4) is 22.6 Å². The van der Waals surface area contributed by atoms with E-state index < -0.39 is 0 Å². The zero-order valence-corrected chi connectivity index (χ0v) is 18.6. The van der Waals surface area contributed by atoms with E-state index in [-0.39, 0.29) is 5.91 Å². The molecule has 7 heteroatoms. The topological polar surface area (TPSA) is 85.4 Å². The number of benzene rings is 3. The minimum absolute atomic E-state index is 0.249. The lowest BCUT2D eigenvalue weighted by molar-refractivity contribution is 0.102. The molecule has 1 amide bonds. The highest BCUT2D eigenvalue weighted by Gasteiger charge is 2.10. The summed E-state index contributed by atoms with van der Waals surface area (Å²) in [7, 11) is 3.11. The van der Waals surface area contributed by atoms with Gasteiger partial charge in [-0.3, -0.25) is 4.79 Å². The Bertz CT molecular complexity index is 1270. The Kier molecular flexibility index (Phi) is 6.50. The van der Waals surface area contributed by atoms with Crippen LogP contribution in [0, 0.1) is 6.92 Å². The molecule has 0 unspecified atom stereocenters. The van der Waals surface area contributed by atoms with Gasteiger partial charge in [-0.05, 0) is 42.8 Å². The van der Waals surface area contributed by atoms with Gasteiger partial charge in [-0.25, -0.2) is 9.97 Å². The van der Waals surface area contributed by atoms with Crippen molar-refractivity contribution in [2.45, 2.75) is 6.92 Å². The van der Waals surface area contributed by atoms with Gasteiger partial charge in [0.05, 0.1) is 14.2 Å². The fraction of sp³-hybridized carbons (Fsp3) is 0.115. The van der Waals surface area contributed by atoms with Gasteiger partial charge >= 0.3 is 0 Å². The van der Waals surface area contributed by atoms with E-state index in [1.54, 1.807) is 63.0 Å². The number of hydrogen-bond donors (Lipinski definition) is 2. The predicted molar refractivity (Wildman–Crippen MR) is 129 cm³/mol. The van der Waals surface area contributed by atoms with E-state index in [9.17, 15) is 4.79 Å². The molecule has 0 aliphatic heterocycles. The second kappa shape index (κ2) is 9.82. The van der Waals surface area contributed by atoms with Crippen LogP contribution in [0.25, 0.3) is 11.1 Å². The van der Waals surface area contributed by atoms with Crippen LogP contribution in [-0.2, 0) is 0 Å². The van der Waals surface area contributed by atoms with Crippen LogP contribution in [0.5, 0.6) is 11.5 Å². The summed E-state index contributed by atoms with van der Waals surface area (Å²) in [5, 5.41) is 6.02. The summed E-state index contributed by atoms with van der Waals surface area (Å²) < 4.78 is 10.5. The first-order valence-electron chi connectivity index (χ1n) is 10.4. The van der Waals surface area contributed by atoms with Crippen LogP contribution < -0.4 is 20.1 Å². The first kappa shape index (κ1) is 21.8. The molecule has 0 radical (unpaired) electrons. The molecular weight excluding hydrogens is 416 g/mol. The van der Waals surface area contributed by atoms with E-state index in [4.69, 9.17) is 9.47 Å². The Hall–Kier alpha value is -4.39. The number of methoxy groups -OCH3 is 2. The molecule has 4 rings (SSSR count). The molecule has 4 aromatic rings. The molecule has 1 aromatic heterocycles. The molecular formula is C26H24N4O3. The minimum Gasteiger partial charge on any atom is -0.493 e. The van der Waals surface area contributed by atoms with E-state index in [1.807, 2.05) is 18.2 Å². The number of carbonyl (C=O) groups is 1. The highest BCUT2D eigenvalue weighted by Crippen LogP contribution is 2.30. The van der Waals surface area contributed by atoms with Gasteiger partial charge in [0.15, 0.2) is 11.5 Å². The third-order valence-electron chi connectivity index (χ3n) is 5.03. The van der Waals surface area contributed by atoms with E-state index >= 15 is 0 Å². The minimum atomic E-state index is -0.249. The molecule has 1 heterocycles. The first-order chi connectivity index (χ1) is 16.1. The Labute approximate surface area is 192 Å². The fourth-order valence-electron chi connectivity index (χ4n) is 3.35. The molecule has 0 fully saturated rings. The SMILES string of the molecule is COc1ccc(NC(=O)c2cccc(Nc3ncc(-c4cccc(C)c4)cn3)c2)cc1OC. The van der Waals surface area contributed by atoms with Crippen molar-refractivity contribution in [1.29, 1.82) is 0 Å². The largest absolute Gasteiger partial charge is 0.493 e. The molecule has 0 saturated heterocycles. The number of ether oxygens (including phenoxy) is 2. The standard InChI is InChI=1S/C26H24N4O3/c1-17-6-4-7-18(12-17)20-15-27-26(28-16-20)30-21-9-5-8-19(13-21)25(31)29-22-10-11-23(32-2)24(14-22)33-3/h4-16H,1-3H3,(H,29,31)(H,27,28,30). The third-order valence-corrected chi connectivity index (χ3v) is 5.03. The van der Waals surface area contributed by atoms with Crippen LogP contribution in [0.3, 0.4) is 0 Å². The lowest BCUT2D eigenvalue weighted by Crippen LogP contribution is -2.12. The van der Waals surface area contributed by atoms with Crippen molar-refractivity contribution in [3.63, 3.8) is 0 Å². The summed E-state index contributed by atoms with van der Waals surface area (Å²) >= 11 is 0. The maximum Gasteiger partial charge on any atom is 0.255 e. The number of carbonyl (C=O) groups excluding carboxylic acids is 1. The van der Waals surface area contributed by atoms with Crippen molar-refractivity contribution < 1.29 is 14.3 Å². The quantitative estimate of drug-likeness (QED) is 0.397. The Balaban J connectivity index is 1.46. The maximum absolute atomic E-state index is 12.8. The first-order valence-corrected chi connectivity index (χ1v) is 10.4. The summed E-state index contributed by atoms with van der Waals surface area (Å²) in [6, 6.07) is 20.5. The van der Waals surface area contributed by atoms with Crippen LogP contribution in [-0.4, -0.2) is 30.1 Å². The lowest BCUT2D eigenvalue weighted by Gasteiger charge is -2.11. The van der Waals surface area contributed by atoms with Crippen LogP contribution in [0.4, 0.5) is 17.3 Å². The molecule has 0 aliphatic rings. The normalized spacial score (nSPS) is 10.4. The number of hydrogen-bond acceptors (Lipinski definition) is 6. The Morgan fingerprint density at radius 1 is 0.788 bits per heavy atom. The average molecular weight is 441 g/mol. The summed E-state index contributed by atoms with van der Waals surface area (Å²) in [6.45, 7) is 2.05. The number of rotatable bonds is 7. The van der Waals surface area contributed by atoms with E-state index in [1.165, 1.54) is 5.56 Å². The molecule has 0 aliphatic carbocycles. The number of nitrogens with one attached hydrogen (secondary N) is 2. The second-order valence-electron chi connectivity index (χ2n) is 7.39.